The maximum atomic E-state index is 9.82. The first-order valence-electron chi connectivity index (χ1n) is 8.73. The van der Waals surface area contributed by atoms with Gasteiger partial charge in [0.15, 0.2) is 0 Å². The highest BCUT2D eigenvalue weighted by molar-refractivity contribution is 5.13. The predicted molar refractivity (Wildman–Crippen MR) is 90.1 cm³/mol. The van der Waals surface area contributed by atoms with Crippen LogP contribution < -0.4 is 0 Å². The summed E-state index contributed by atoms with van der Waals surface area (Å²) in [4.78, 5) is 0. The van der Waals surface area contributed by atoms with E-state index in [1.165, 1.54) is 5.56 Å². The SMILES string of the molecule is C[C@@H](CCOCc1ccccc1)CC[C@H]1C[C@@H](O)C[C@@H](CO)O1. The van der Waals surface area contributed by atoms with Crippen LogP contribution in [0.5, 0.6) is 0 Å². The summed E-state index contributed by atoms with van der Waals surface area (Å²) < 4.78 is 11.5. The largest absolute Gasteiger partial charge is 0.394 e. The zero-order valence-corrected chi connectivity index (χ0v) is 14.1. The molecule has 1 fully saturated rings. The number of benzene rings is 1. The number of rotatable bonds is 9. The molecule has 130 valence electrons. The molecule has 0 aromatic heterocycles. The van der Waals surface area contributed by atoms with Crippen LogP contribution in [0.1, 0.15) is 44.6 Å². The van der Waals surface area contributed by atoms with E-state index in [4.69, 9.17) is 9.47 Å². The van der Waals surface area contributed by atoms with Crippen molar-refractivity contribution in [1.82, 2.24) is 0 Å². The average Bonchev–Trinajstić information content (AvgIpc) is 2.57. The molecule has 1 aromatic carbocycles. The Hall–Kier alpha value is -0.940. The normalized spacial score (nSPS) is 26.1. The molecule has 4 nitrogen and oxygen atoms in total. The smallest absolute Gasteiger partial charge is 0.0834 e. The van der Waals surface area contributed by atoms with Gasteiger partial charge in [0.2, 0.25) is 0 Å². The average molecular weight is 322 g/mol. The summed E-state index contributed by atoms with van der Waals surface area (Å²) in [7, 11) is 0. The maximum absolute atomic E-state index is 9.82. The summed E-state index contributed by atoms with van der Waals surface area (Å²) in [6.45, 7) is 3.66. The van der Waals surface area contributed by atoms with E-state index in [9.17, 15) is 10.2 Å². The van der Waals surface area contributed by atoms with E-state index < -0.39 is 0 Å². The van der Waals surface area contributed by atoms with Gasteiger partial charge in [-0.3, -0.25) is 0 Å². The van der Waals surface area contributed by atoms with Gasteiger partial charge in [0.25, 0.3) is 0 Å². The van der Waals surface area contributed by atoms with Crippen molar-refractivity contribution in [2.75, 3.05) is 13.2 Å². The fourth-order valence-electron chi connectivity index (χ4n) is 3.05. The second kappa shape index (κ2) is 10.0. The third-order valence-electron chi connectivity index (χ3n) is 4.51. The molecule has 0 amide bonds. The number of hydrogen-bond acceptors (Lipinski definition) is 4. The third-order valence-corrected chi connectivity index (χ3v) is 4.51. The minimum Gasteiger partial charge on any atom is -0.394 e. The standard InChI is InChI=1S/C19H30O4/c1-15(9-10-22-14-16-5-3-2-4-6-16)7-8-18-11-17(21)12-19(13-20)23-18/h2-6,15,17-21H,7-14H2,1H3/t15-,17-,18+,19+/m1/s1. The lowest BCUT2D eigenvalue weighted by Crippen LogP contribution is -2.37. The number of aliphatic hydroxyl groups excluding tert-OH is 2. The van der Waals surface area contributed by atoms with E-state index in [0.29, 0.717) is 25.4 Å². The van der Waals surface area contributed by atoms with Gasteiger partial charge >= 0.3 is 0 Å². The van der Waals surface area contributed by atoms with Crippen LogP contribution >= 0.6 is 0 Å². The minimum absolute atomic E-state index is 0.00353. The Morgan fingerprint density at radius 3 is 2.65 bits per heavy atom. The van der Waals surface area contributed by atoms with Gasteiger partial charge in [-0.05, 0) is 37.2 Å². The van der Waals surface area contributed by atoms with Crippen LogP contribution in [0.15, 0.2) is 30.3 Å². The molecule has 0 bridgehead atoms. The fraction of sp³-hybridized carbons (Fsp3) is 0.684. The van der Waals surface area contributed by atoms with Crippen LogP contribution in [-0.4, -0.2) is 41.7 Å². The summed E-state index contributed by atoms with van der Waals surface area (Å²) >= 11 is 0. The third kappa shape index (κ3) is 7.00. The van der Waals surface area contributed by atoms with Crippen LogP contribution in [0, 0.1) is 5.92 Å². The van der Waals surface area contributed by atoms with Crippen molar-refractivity contribution in [2.24, 2.45) is 5.92 Å². The number of aliphatic hydroxyl groups is 2. The van der Waals surface area contributed by atoms with E-state index in [2.05, 4.69) is 19.1 Å². The fourth-order valence-corrected chi connectivity index (χ4v) is 3.05. The van der Waals surface area contributed by atoms with Crippen molar-refractivity contribution in [3.05, 3.63) is 35.9 Å². The molecule has 0 radical (unpaired) electrons. The Labute approximate surface area is 139 Å². The molecule has 1 saturated heterocycles. The molecule has 2 N–H and O–H groups in total. The van der Waals surface area contributed by atoms with Crippen molar-refractivity contribution >= 4 is 0 Å². The molecular weight excluding hydrogens is 292 g/mol. The Bertz CT molecular complexity index is 423. The van der Waals surface area contributed by atoms with Crippen LogP contribution in [0.25, 0.3) is 0 Å². The highest BCUT2D eigenvalue weighted by atomic mass is 16.5. The van der Waals surface area contributed by atoms with E-state index in [1.54, 1.807) is 0 Å². The molecule has 0 spiro atoms. The van der Waals surface area contributed by atoms with Crippen LogP contribution in [0.2, 0.25) is 0 Å². The number of ether oxygens (including phenoxy) is 2. The van der Waals surface area contributed by atoms with E-state index in [0.717, 1.165) is 25.9 Å². The minimum atomic E-state index is -0.338. The zero-order chi connectivity index (χ0) is 16.5. The molecular formula is C19H30O4. The summed E-state index contributed by atoms with van der Waals surface area (Å²) in [6.07, 6.45) is 3.81. The Morgan fingerprint density at radius 1 is 1.17 bits per heavy atom. The first-order chi connectivity index (χ1) is 11.2. The second-order valence-electron chi connectivity index (χ2n) is 6.70. The molecule has 0 unspecified atom stereocenters. The van der Waals surface area contributed by atoms with E-state index >= 15 is 0 Å². The monoisotopic (exact) mass is 322 g/mol. The molecule has 23 heavy (non-hydrogen) atoms. The van der Waals surface area contributed by atoms with Crippen LogP contribution in [-0.2, 0) is 16.1 Å². The summed E-state index contributed by atoms with van der Waals surface area (Å²) in [5, 5.41) is 19.0. The quantitative estimate of drug-likeness (QED) is 0.686. The molecule has 0 aliphatic carbocycles. The Kier molecular flexibility index (Phi) is 8.03. The maximum Gasteiger partial charge on any atom is 0.0834 e. The summed E-state index contributed by atoms with van der Waals surface area (Å²) in [5.41, 5.74) is 1.21. The van der Waals surface area contributed by atoms with Gasteiger partial charge in [-0.15, -0.1) is 0 Å². The van der Waals surface area contributed by atoms with Gasteiger partial charge in [0.1, 0.15) is 0 Å². The van der Waals surface area contributed by atoms with Gasteiger partial charge in [-0.2, -0.15) is 0 Å². The predicted octanol–water partition coefficient (Wildman–Crippen LogP) is 2.91. The van der Waals surface area contributed by atoms with Gasteiger partial charge in [0, 0.05) is 13.0 Å². The lowest BCUT2D eigenvalue weighted by atomic mass is 9.94. The van der Waals surface area contributed by atoms with Crippen molar-refractivity contribution in [3.63, 3.8) is 0 Å². The van der Waals surface area contributed by atoms with Crippen LogP contribution in [0.3, 0.4) is 0 Å². The summed E-state index contributed by atoms with van der Waals surface area (Å²) in [5.74, 6) is 0.570. The van der Waals surface area contributed by atoms with Crippen molar-refractivity contribution in [3.8, 4) is 0 Å². The highest BCUT2D eigenvalue weighted by Crippen LogP contribution is 2.24. The molecule has 1 heterocycles. The molecule has 1 aliphatic rings. The first-order valence-corrected chi connectivity index (χ1v) is 8.73. The Morgan fingerprint density at radius 2 is 1.91 bits per heavy atom. The topological polar surface area (TPSA) is 58.9 Å². The molecule has 4 atom stereocenters. The molecule has 1 aromatic rings. The van der Waals surface area contributed by atoms with Gasteiger partial charge < -0.3 is 19.7 Å². The molecule has 1 aliphatic heterocycles. The lowest BCUT2D eigenvalue weighted by Gasteiger charge is -2.32. The number of hydrogen-bond donors (Lipinski definition) is 2. The van der Waals surface area contributed by atoms with E-state index in [-0.39, 0.29) is 24.9 Å². The van der Waals surface area contributed by atoms with Crippen LogP contribution in [0.4, 0.5) is 0 Å². The second-order valence-corrected chi connectivity index (χ2v) is 6.70. The van der Waals surface area contributed by atoms with Gasteiger partial charge in [0.05, 0.1) is 31.5 Å². The molecule has 2 rings (SSSR count). The van der Waals surface area contributed by atoms with Gasteiger partial charge in [-0.25, -0.2) is 0 Å². The van der Waals surface area contributed by atoms with Crippen molar-refractivity contribution in [1.29, 1.82) is 0 Å². The lowest BCUT2D eigenvalue weighted by molar-refractivity contribution is -0.115. The van der Waals surface area contributed by atoms with Crippen molar-refractivity contribution < 1.29 is 19.7 Å². The first kappa shape index (κ1) is 18.4. The zero-order valence-electron chi connectivity index (χ0n) is 14.1. The van der Waals surface area contributed by atoms with E-state index in [1.807, 2.05) is 18.2 Å². The Balaban J connectivity index is 1.57. The molecule has 4 heteroatoms. The highest BCUT2D eigenvalue weighted by Gasteiger charge is 2.27. The van der Waals surface area contributed by atoms with Crippen molar-refractivity contribution in [2.45, 2.75) is 63.9 Å². The van der Waals surface area contributed by atoms with Gasteiger partial charge in [-0.1, -0.05) is 37.3 Å². The summed E-state index contributed by atoms with van der Waals surface area (Å²) in [6, 6.07) is 10.2. The molecule has 0 saturated carbocycles.